The van der Waals surface area contributed by atoms with Gasteiger partial charge in [-0.25, -0.2) is 0 Å². The summed E-state index contributed by atoms with van der Waals surface area (Å²) in [6, 6.07) is 10.8. The number of halogens is 1. The molecular weight excluding hydrogens is 348 g/mol. The van der Waals surface area contributed by atoms with Crippen molar-refractivity contribution in [1.29, 1.82) is 0 Å². The zero-order valence-electron chi connectivity index (χ0n) is 12.7. The molecule has 0 aromatic heterocycles. The van der Waals surface area contributed by atoms with Crippen molar-refractivity contribution in [2.75, 3.05) is 14.2 Å². The number of hydrogen-bond donors (Lipinski definition) is 0. The molecule has 0 aliphatic carbocycles. The van der Waals surface area contributed by atoms with Gasteiger partial charge < -0.3 is 14.2 Å². The molecule has 2 aromatic carbocycles. The van der Waals surface area contributed by atoms with Gasteiger partial charge in [-0.3, -0.25) is 4.79 Å². The van der Waals surface area contributed by atoms with Gasteiger partial charge in [-0.1, -0.05) is 6.07 Å². The van der Waals surface area contributed by atoms with Crippen LogP contribution in [0.2, 0.25) is 0 Å². The van der Waals surface area contributed by atoms with E-state index in [1.54, 1.807) is 38.5 Å². The Hall–Kier alpha value is -2.01. The SMILES string of the molecule is COc1ccc(COc2ccc(C(C)=O)cc2)c(Br)c1OC. The van der Waals surface area contributed by atoms with Crippen LogP contribution in [0.3, 0.4) is 0 Å². The first kappa shape index (κ1) is 16.4. The monoisotopic (exact) mass is 364 g/mol. The van der Waals surface area contributed by atoms with Crippen LogP contribution in [0.25, 0.3) is 0 Å². The van der Waals surface area contributed by atoms with E-state index in [1.165, 1.54) is 6.92 Å². The minimum absolute atomic E-state index is 0.0363. The average molecular weight is 365 g/mol. The van der Waals surface area contributed by atoms with Gasteiger partial charge >= 0.3 is 0 Å². The molecule has 2 rings (SSSR count). The van der Waals surface area contributed by atoms with Crippen molar-refractivity contribution in [1.82, 2.24) is 0 Å². The van der Waals surface area contributed by atoms with Gasteiger partial charge in [0.05, 0.1) is 18.7 Å². The Morgan fingerprint density at radius 2 is 1.73 bits per heavy atom. The lowest BCUT2D eigenvalue weighted by Gasteiger charge is -2.13. The number of carbonyl (C=O) groups is 1. The highest BCUT2D eigenvalue weighted by Crippen LogP contribution is 2.37. The molecule has 0 fully saturated rings. The van der Waals surface area contributed by atoms with Crippen molar-refractivity contribution < 1.29 is 19.0 Å². The fraction of sp³-hybridized carbons (Fsp3) is 0.235. The zero-order chi connectivity index (χ0) is 16.1. The number of methoxy groups -OCH3 is 2. The van der Waals surface area contributed by atoms with E-state index >= 15 is 0 Å². The number of rotatable bonds is 6. The standard InChI is InChI=1S/C17H17BrO4/c1-11(19)12-4-7-14(8-5-12)22-10-13-6-9-15(20-2)17(21-3)16(13)18/h4-9H,10H2,1-3H3. The Labute approximate surface area is 138 Å². The smallest absolute Gasteiger partial charge is 0.175 e. The maximum atomic E-state index is 11.2. The van der Waals surface area contributed by atoms with Crippen molar-refractivity contribution in [3.63, 3.8) is 0 Å². The Bertz CT molecular complexity index is 665. The first-order chi connectivity index (χ1) is 10.6. The van der Waals surface area contributed by atoms with Crippen molar-refractivity contribution >= 4 is 21.7 Å². The zero-order valence-corrected chi connectivity index (χ0v) is 14.3. The topological polar surface area (TPSA) is 44.8 Å². The first-order valence-electron chi connectivity index (χ1n) is 6.70. The van der Waals surface area contributed by atoms with E-state index in [-0.39, 0.29) is 5.78 Å². The first-order valence-corrected chi connectivity index (χ1v) is 7.49. The van der Waals surface area contributed by atoms with Crippen molar-refractivity contribution in [3.8, 4) is 17.2 Å². The quantitative estimate of drug-likeness (QED) is 0.718. The van der Waals surface area contributed by atoms with Crippen LogP contribution in [0.4, 0.5) is 0 Å². The molecule has 0 saturated carbocycles. The fourth-order valence-corrected chi connectivity index (χ4v) is 2.59. The van der Waals surface area contributed by atoms with Crippen LogP contribution in [0, 0.1) is 0 Å². The number of Topliss-reactive ketones (excluding diaryl/α,β-unsaturated/α-hetero) is 1. The van der Waals surface area contributed by atoms with E-state index in [0.29, 0.717) is 29.4 Å². The highest BCUT2D eigenvalue weighted by atomic mass is 79.9. The molecule has 4 nitrogen and oxygen atoms in total. The Morgan fingerprint density at radius 1 is 1.05 bits per heavy atom. The van der Waals surface area contributed by atoms with E-state index in [1.807, 2.05) is 12.1 Å². The third-order valence-electron chi connectivity index (χ3n) is 3.22. The van der Waals surface area contributed by atoms with Gasteiger partial charge in [0.15, 0.2) is 17.3 Å². The van der Waals surface area contributed by atoms with Crippen LogP contribution >= 0.6 is 15.9 Å². The molecule has 5 heteroatoms. The molecule has 0 N–H and O–H groups in total. The molecule has 0 atom stereocenters. The van der Waals surface area contributed by atoms with E-state index in [9.17, 15) is 4.79 Å². The summed E-state index contributed by atoms with van der Waals surface area (Å²) < 4.78 is 17.1. The molecule has 0 bridgehead atoms. The summed E-state index contributed by atoms with van der Waals surface area (Å²) in [5, 5.41) is 0. The van der Waals surface area contributed by atoms with Crippen molar-refractivity contribution in [2.45, 2.75) is 13.5 Å². The van der Waals surface area contributed by atoms with Gasteiger partial charge in [0.1, 0.15) is 12.4 Å². The lowest BCUT2D eigenvalue weighted by molar-refractivity contribution is 0.101. The summed E-state index contributed by atoms with van der Waals surface area (Å²) in [6.45, 7) is 1.91. The van der Waals surface area contributed by atoms with Crippen LogP contribution in [0.15, 0.2) is 40.9 Å². The Morgan fingerprint density at radius 3 is 2.27 bits per heavy atom. The van der Waals surface area contributed by atoms with E-state index in [2.05, 4.69) is 15.9 Å². The third-order valence-corrected chi connectivity index (χ3v) is 4.09. The minimum atomic E-state index is 0.0363. The second kappa shape index (κ2) is 7.31. The Balaban J connectivity index is 2.13. The second-order valence-electron chi connectivity index (χ2n) is 4.64. The summed E-state index contributed by atoms with van der Waals surface area (Å²) in [5.74, 6) is 2.03. The summed E-state index contributed by atoms with van der Waals surface area (Å²) >= 11 is 3.51. The minimum Gasteiger partial charge on any atom is -0.493 e. The molecular formula is C17H17BrO4. The molecule has 0 unspecified atom stereocenters. The highest BCUT2D eigenvalue weighted by molar-refractivity contribution is 9.10. The lowest BCUT2D eigenvalue weighted by Crippen LogP contribution is -2.00. The molecule has 22 heavy (non-hydrogen) atoms. The molecule has 0 radical (unpaired) electrons. The highest BCUT2D eigenvalue weighted by Gasteiger charge is 2.13. The molecule has 0 heterocycles. The summed E-state index contributed by atoms with van der Waals surface area (Å²) in [7, 11) is 3.19. The number of hydrogen-bond acceptors (Lipinski definition) is 4. The van der Waals surface area contributed by atoms with Gasteiger partial charge in [-0.05, 0) is 53.2 Å². The molecule has 0 aliphatic rings. The molecule has 2 aromatic rings. The van der Waals surface area contributed by atoms with Gasteiger partial charge in [-0.15, -0.1) is 0 Å². The second-order valence-corrected chi connectivity index (χ2v) is 5.44. The predicted octanol–water partition coefficient (Wildman–Crippen LogP) is 4.25. The lowest BCUT2D eigenvalue weighted by atomic mass is 10.1. The van der Waals surface area contributed by atoms with Crippen LogP contribution in [-0.4, -0.2) is 20.0 Å². The van der Waals surface area contributed by atoms with Crippen molar-refractivity contribution in [3.05, 3.63) is 52.0 Å². The van der Waals surface area contributed by atoms with Gasteiger partial charge in [0.2, 0.25) is 0 Å². The van der Waals surface area contributed by atoms with Gasteiger partial charge in [-0.2, -0.15) is 0 Å². The molecule has 0 saturated heterocycles. The molecule has 0 aliphatic heterocycles. The van der Waals surface area contributed by atoms with E-state index < -0.39 is 0 Å². The van der Waals surface area contributed by atoms with Crippen LogP contribution in [-0.2, 0) is 6.61 Å². The third kappa shape index (κ3) is 3.60. The summed E-state index contributed by atoms with van der Waals surface area (Å²) in [4.78, 5) is 11.2. The van der Waals surface area contributed by atoms with Crippen LogP contribution in [0.1, 0.15) is 22.8 Å². The van der Waals surface area contributed by atoms with Crippen molar-refractivity contribution in [2.24, 2.45) is 0 Å². The average Bonchev–Trinajstić information content (AvgIpc) is 2.53. The normalized spacial score (nSPS) is 10.2. The summed E-state index contributed by atoms with van der Waals surface area (Å²) in [6.07, 6.45) is 0. The molecule has 0 spiro atoms. The van der Waals surface area contributed by atoms with Gasteiger partial charge in [0, 0.05) is 11.1 Å². The summed E-state index contributed by atoms with van der Waals surface area (Å²) in [5.41, 5.74) is 1.60. The maximum Gasteiger partial charge on any atom is 0.175 e. The maximum absolute atomic E-state index is 11.2. The van der Waals surface area contributed by atoms with E-state index in [4.69, 9.17) is 14.2 Å². The van der Waals surface area contributed by atoms with Crippen LogP contribution in [0.5, 0.6) is 17.2 Å². The molecule has 116 valence electrons. The fourth-order valence-electron chi connectivity index (χ4n) is 1.99. The Kier molecular flexibility index (Phi) is 5.44. The number of benzene rings is 2. The van der Waals surface area contributed by atoms with E-state index in [0.717, 1.165) is 10.0 Å². The largest absolute Gasteiger partial charge is 0.493 e. The number of ketones is 1. The predicted molar refractivity (Wildman–Crippen MR) is 88.0 cm³/mol. The number of carbonyl (C=O) groups excluding carboxylic acids is 1. The molecule has 0 amide bonds. The number of ether oxygens (including phenoxy) is 3. The van der Waals surface area contributed by atoms with Crippen LogP contribution < -0.4 is 14.2 Å². The van der Waals surface area contributed by atoms with Gasteiger partial charge in [0.25, 0.3) is 0 Å².